The zero-order valence-electron chi connectivity index (χ0n) is 10.8. The minimum absolute atomic E-state index is 0.149. The fourth-order valence-electron chi connectivity index (χ4n) is 2.62. The Morgan fingerprint density at radius 1 is 1.53 bits per heavy atom. The lowest BCUT2D eigenvalue weighted by Gasteiger charge is -2.41. The largest absolute Gasteiger partial charge is 0.481 e. The second kappa shape index (κ2) is 4.35. The zero-order valence-corrected chi connectivity index (χ0v) is 10.8. The van der Waals surface area contributed by atoms with Gasteiger partial charge in [0.2, 0.25) is 0 Å². The molecule has 0 bridgehead atoms. The number of nitrogens with zero attached hydrogens (tertiary/aromatic N) is 2. The van der Waals surface area contributed by atoms with Crippen LogP contribution in [0.25, 0.3) is 11.0 Å². The monoisotopic (exact) mass is 260 g/mol. The van der Waals surface area contributed by atoms with Gasteiger partial charge in [0.1, 0.15) is 0 Å². The molecule has 1 aliphatic heterocycles. The Morgan fingerprint density at radius 3 is 2.95 bits per heavy atom. The second-order valence-electron chi connectivity index (χ2n) is 5.23. The summed E-state index contributed by atoms with van der Waals surface area (Å²) in [6.45, 7) is 1.19. The molecule has 0 unspecified atom stereocenters. The molecule has 0 spiro atoms. The van der Waals surface area contributed by atoms with E-state index in [2.05, 4.69) is 17.1 Å². The Morgan fingerprint density at radius 2 is 2.32 bits per heavy atom. The first-order valence-electron chi connectivity index (χ1n) is 6.32. The predicted molar refractivity (Wildman–Crippen MR) is 70.1 cm³/mol. The van der Waals surface area contributed by atoms with E-state index in [4.69, 9.17) is 9.84 Å². The van der Waals surface area contributed by atoms with Crippen LogP contribution in [0.15, 0.2) is 24.5 Å². The van der Waals surface area contributed by atoms with Gasteiger partial charge in [-0.15, -0.1) is 0 Å². The maximum Gasteiger partial charge on any atom is 0.303 e. The number of carbonyl (C=O) groups is 1. The van der Waals surface area contributed by atoms with Crippen molar-refractivity contribution in [1.82, 2.24) is 9.55 Å². The van der Waals surface area contributed by atoms with Gasteiger partial charge in [-0.2, -0.15) is 0 Å². The molecule has 1 fully saturated rings. The van der Waals surface area contributed by atoms with Gasteiger partial charge in [-0.1, -0.05) is 6.07 Å². The molecule has 100 valence electrons. The fraction of sp³-hybridized carbons (Fsp3) is 0.429. The molecule has 5 nitrogen and oxygen atoms in total. The van der Waals surface area contributed by atoms with Crippen LogP contribution >= 0.6 is 0 Å². The standard InChI is InChI=1S/C14H16N2O3/c1-16-9-15-11-6-10(2-3-12(11)16)14(7-19-8-14)5-4-13(17)18/h2-3,6,9H,4-5,7-8H2,1H3,(H,17,18). The highest BCUT2D eigenvalue weighted by Crippen LogP contribution is 2.37. The normalized spacial score (nSPS) is 17.3. The lowest BCUT2D eigenvalue weighted by Crippen LogP contribution is -2.47. The highest BCUT2D eigenvalue weighted by Gasteiger charge is 2.40. The number of rotatable bonds is 4. The molecular weight excluding hydrogens is 244 g/mol. The summed E-state index contributed by atoms with van der Waals surface area (Å²) in [6, 6.07) is 6.16. The van der Waals surface area contributed by atoms with Gasteiger partial charge < -0.3 is 14.4 Å². The van der Waals surface area contributed by atoms with Crippen LogP contribution in [0.2, 0.25) is 0 Å². The van der Waals surface area contributed by atoms with E-state index in [0.717, 1.165) is 16.6 Å². The number of aliphatic carboxylic acids is 1. The first-order valence-corrected chi connectivity index (χ1v) is 6.32. The Labute approximate surface area is 110 Å². The van der Waals surface area contributed by atoms with Gasteiger partial charge >= 0.3 is 5.97 Å². The topological polar surface area (TPSA) is 64.4 Å². The number of aryl methyl sites for hydroxylation is 1. The number of hydrogen-bond donors (Lipinski definition) is 1. The van der Waals surface area contributed by atoms with Gasteiger partial charge in [-0.25, -0.2) is 4.98 Å². The Bertz CT molecular complexity index is 629. The molecule has 0 aliphatic carbocycles. The molecule has 19 heavy (non-hydrogen) atoms. The van der Waals surface area contributed by atoms with Crippen LogP contribution in [0.5, 0.6) is 0 Å². The average Bonchev–Trinajstić information content (AvgIpc) is 2.69. The predicted octanol–water partition coefficient (Wildman–Crippen LogP) is 1.71. The van der Waals surface area contributed by atoms with Crippen LogP contribution in [0.4, 0.5) is 0 Å². The Balaban J connectivity index is 1.94. The SMILES string of the molecule is Cn1cnc2cc(C3(CCC(=O)O)COC3)ccc21. The highest BCUT2D eigenvalue weighted by atomic mass is 16.5. The van der Waals surface area contributed by atoms with Crippen LogP contribution in [0.3, 0.4) is 0 Å². The lowest BCUT2D eigenvalue weighted by atomic mass is 9.75. The Hall–Kier alpha value is -1.88. The number of fused-ring (bicyclic) bond motifs is 1. The molecule has 1 aromatic carbocycles. The van der Waals surface area contributed by atoms with Crippen molar-refractivity contribution >= 4 is 17.0 Å². The smallest absolute Gasteiger partial charge is 0.303 e. The van der Waals surface area contributed by atoms with E-state index >= 15 is 0 Å². The number of imidazole rings is 1. The molecule has 5 heteroatoms. The fourth-order valence-corrected chi connectivity index (χ4v) is 2.62. The highest BCUT2D eigenvalue weighted by molar-refractivity contribution is 5.76. The summed E-state index contributed by atoms with van der Waals surface area (Å²) in [5, 5.41) is 8.86. The summed E-state index contributed by atoms with van der Waals surface area (Å²) < 4.78 is 7.30. The van der Waals surface area contributed by atoms with Gasteiger partial charge in [0, 0.05) is 18.9 Å². The summed E-state index contributed by atoms with van der Waals surface area (Å²) in [5.41, 5.74) is 3.01. The van der Waals surface area contributed by atoms with Crippen molar-refractivity contribution in [2.75, 3.05) is 13.2 Å². The van der Waals surface area contributed by atoms with Crippen molar-refractivity contribution in [1.29, 1.82) is 0 Å². The molecule has 1 saturated heterocycles. The third-order valence-corrected chi connectivity index (χ3v) is 3.91. The van der Waals surface area contributed by atoms with Crippen LogP contribution in [-0.4, -0.2) is 33.8 Å². The van der Waals surface area contributed by atoms with Crippen molar-refractivity contribution in [2.24, 2.45) is 7.05 Å². The Kier molecular flexibility index (Phi) is 2.78. The second-order valence-corrected chi connectivity index (χ2v) is 5.23. The lowest BCUT2D eigenvalue weighted by molar-refractivity contribution is -0.139. The quantitative estimate of drug-likeness (QED) is 0.908. The van der Waals surface area contributed by atoms with Crippen molar-refractivity contribution in [3.05, 3.63) is 30.1 Å². The molecule has 2 aromatic rings. The van der Waals surface area contributed by atoms with Crippen LogP contribution in [-0.2, 0) is 22.0 Å². The molecule has 1 aromatic heterocycles. The van der Waals surface area contributed by atoms with Crippen LogP contribution in [0, 0.1) is 0 Å². The molecule has 0 radical (unpaired) electrons. The van der Waals surface area contributed by atoms with Crippen LogP contribution in [0.1, 0.15) is 18.4 Å². The van der Waals surface area contributed by atoms with Crippen molar-refractivity contribution in [2.45, 2.75) is 18.3 Å². The first kappa shape index (κ1) is 12.2. The van der Waals surface area contributed by atoms with E-state index in [1.54, 1.807) is 6.33 Å². The maximum atomic E-state index is 10.8. The number of carboxylic acid groups (broad SMARTS) is 1. The third-order valence-electron chi connectivity index (χ3n) is 3.91. The van der Waals surface area contributed by atoms with E-state index in [9.17, 15) is 4.79 Å². The van der Waals surface area contributed by atoms with E-state index in [-0.39, 0.29) is 11.8 Å². The summed E-state index contributed by atoms with van der Waals surface area (Å²) in [7, 11) is 1.96. The van der Waals surface area contributed by atoms with Crippen molar-refractivity contribution in [3.8, 4) is 0 Å². The number of aromatic nitrogens is 2. The summed E-state index contributed by atoms with van der Waals surface area (Å²) in [5.74, 6) is -0.759. The minimum atomic E-state index is -0.759. The number of hydrogen-bond acceptors (Lipinski definition) is 3. The van der Waals surface area contributed by atoms with Gasteiger partial charge in [-0.3, -0.25) is 4.79 Å². The van der Waals surface area contributed by atoms with Crippen LogP contribution < -0.4 is 0 Å². The zero-order chi connectivity index (χ0) is 13.5. The molecule has 3 rings (SSSR count). The number of carboxylic acids is 1. The number of benzene rings is 1. The van der Waals surface area contributed by atoms with Gasteiger partial charge in [-0.05, 0) is 24.1 Å². The van der Waals surface area contributed by atoms with E-state index < -0.39 is 5.97 Å². The van der Waals surface area contributed by atoms with Crippen molar-refractivity contribution < 1.29 is 14.6 Å². The summed E-state index contributed by atoms with van der Waals surface area (Å²) >= 11 is 0. The maximum absolute atomic E-state index is 10.8. The number of ether oxygens (including phenoxy) is 1. The molecule has 1 N–H and O–H groups in total. The summed E-state index contributed by atoms with van der Waals surface area (Å²) in [6.07, 6.45) is 2.57. The van der Waals surface area contributed by atoms with E-state index in [1.807, 2.05) is 17.7 Å². The molecule has 0 amide bonds. The first-order chi connectivity index (χ1) is 9.11. The van der Waals surface area contributed by atoms with Gasteiger partial charge in [0.05, 0.1) is 30.6 Å². The molecule has 0 saturated carbocycles. The van der Waals surface area contributed by atoms with Gasteiger partial charge in [0.25, 0.3) is 0 Å². The molecule has 0 atom stereocenters. The van der Waals surface area contributed by atoms with E-state index in [1.165, 1.54) is 0 Å². The third kappa shape index (κ3) is 2.00. The van der Waals surface area contributed by atoms with Crippen molar-refractivity contribution in [3.63, 3.8) is 0 Å². The molecule has 2 heterocycles. The summed E-state index contributed by atoms with van der Waals surface area (Å²) in [4.78, 5) is 15.1. The average molecular weight is 260 g/mol. The molecular formula is C14H16N2O3. The van der Waals surface area contributed by atoms with Gasteiger partial charge in [0.15, 0.2) is 0 Å². The van der Waals surface area contributed by atoms with E-state index in [0.29, 0.717) is 19.6 Å². The minimum Gasteiger partial charge on any atom is -0.481 e. The molecule has 1 aliphatic rings.